The molecule has 0 aliphatic heterocycles. The van der Waals surface area contributed by atoms with Gasteiger partial charge in [-0.1, -0.05) is 31.9 Å². The predicted octanol–water partition coefficient (Wildman–Crippen LogP) is 3.08. The molecule has 0 bridgehead atoms. The van der Waals surface area contributed by atoms with Gasteiger partial charge in [0.1, 0.15) is 5.82 Å². The molecule has 1 fully saturated rings. The minimum absolute atomic E-state index is 0.165. The summed E-state index contributed by atoms with van der Waals surface area (Å²) in [6, 6.07) is 6.02. The summed E-state index contributed by atoms with van der Waals surface area (Å²) in [5.41, 5.74) is 0.558. The zero-order chi connectivity index (χ0) is 16.7. The molecule has 5 heteroatoms. The smallest absolute Gasteiger partial charge is 0.331 e. The van der Waals surface area contributed by atoms with Gasteiger partial charge in [-0.3, -0.25) is 4.79 Å². The second-order valence-corrected chi connectivity index (χ2v) is 5.93. The third-order valence-electron chi connectivity index (χ3n) is 4.06. The minimum Gasteiger partial charge on any atom is -0.452 e. The second kappa shape index (κ2) is 8.46. The first-order valence-corrected chi connectivity index (χ1v) is 7.94. The fourth-order valence-electron chi connectivity index (χ4n) is 2.74. The van der Waals surface area contributed by atoms with Gasteiger partial charge in [0.15, 0.2) is 6.61 Å². The van der Waals surface area contributed by atoms with Gasteiger partial charge in [0.05, 0.1) is 0 Å². The van der Waals surface area contributed by atoms with E-state index in [1.165, 1.54) is 30.7 Å². The fraction of sp³-hybridized carbons (Fsp3) is 0.444. The van der Waals surface area contributed by atoms with Gasteiger partial charge in [0.25, 0.3) is 5.91 Å². The molecule has 0 unspecified atom stereocenters. The summed E-state index contributed by atoms with van der Waals surface area (Å²) in [5, 5.41) is 2.92. The van der Waals surface area contributed by atoms with Gasteiger partial charge in [-0.15, -0.1) is 0 Å². The van der Waals surface area contributed by atoms with Crippen molar-refractivity contribution in [2.45, 2.75) is 38.6 Å². The normalized spacial score (nSPS) is 21.1. The molecule has 1 N–H and O–H groups in total. The van der Waals surface area contributed by atoms with Crippen LogP contribution in [0.25, 0.3) is 6.08 Å². The highest BCUT2D eigenvalue weighted by molar-refractivity contribution is 5.89. The maximum absolute atomic E-state index is 13.0. The number of halogens is 1. The maximum atomic E-state index is 13.0. The summed E-state index contributed by atoms with van der Waals surface area (Å²) in [5.74, 6) is -0.824. The summed E-state index contributed by atoms with van der Waals surface area (Å²) < 4.78 is 17.9. The molecule has 1 amide bonds. The van der Waals surface area contributed by atoms with E-state index in [-0.39, 0.29) is 24.4 Å². The Morgan fingerprint density at radius 1 is 1.35 bits per heavy atom. The molecular formula is C18H22FNO3. The average molecular weight is 319 g/mol. The quantitative estimate of drug-likeness (QED) is 0.670. The molecule has 23 heavy (non-hydrogen) atoms. The number of carbonyl (C=O) groups excluding carboxylic acids is 2. The first-order chi connectivity index (χ1) is 11.0. The first kappa shape index (κ1) is 17.2. The molecule has 1 aromatic carbocycles. The van der Waals surface area contributed by atoms with E-state index in [9.17, 15) is 14.0 Å². The minimum atomic E-state index is -0.624. The molecule has 0 radical (unpaired) electrons. The number of hydrogen-bond donors (Lipinski definition) is 1. The second-order valence-electron chi connectivity index (χ2n) is 5.93. The molecular weight excluding hydrogens is 297 g/mol. The molecule has 2 atom stereocenters. The highest BCUT2D eigenvalue weighted by Crippen LogP contribution is 2.23. The van der Waals surface area contributed by atoms with E-state index in [0.29, 0.717) is 11.5 Å². The van der Waals surface area contributed by atoms with Crippen LogP contribution in [0.15, 0.2) is 30.3 Å². The van der Waals surface area contributed by atoms with Crippen molar-refractivity contribution < 1.29 is 18.7 Å². The van der Waals surface area contributed by atoms with Gasteiger partial charge in [-0.25, -0.2) is 9.18 Å². The number of carbonyl (C=O) groups is 2. The van der Waals surface area contributed by atoms with Crippen molar-refractivity contribution in [3.63, 3.8) is 0 Å². The monoisotopic (exact) mass is 319 g/mol. The number of nitrogens with one attached hydrogen (secondary N) is 1. The van der Waals surface area contributed by atoms with Crippen molar-refractivity contribution in [1.29, 1.82) is 0 Å². The van der Waals surface area contributed by atoms with E-state index in [2.05, 4.69) is 12.2 Å². The Bertz CT molecular complexity index is 585. The zero-order valence-electron chi connectivity index (χ0n) is 13.3. The molecule has 0 aromatic heterocycles. The van der Waals surface area contributed by atoms with Gasteiger partial charge in [0.2, 0.25) is 0 Å². The van der Waals surface area contributed by atoms with Crippen LogP contribution in [0.2, 0.25) is 0 Å². The van der Waals surface area contributed by atoms with Crippen LogP contribution in [0.5, 0.6) is 0 Å². The lowest BCUT2D eigenvalue weighted by Gasteiger charge is -2.29. The SMILES string of the molecule is C[C@@H]1CCCC[C@@H]1NC(=O)COC(=O)/C=C/c1cccc(F)c1. The van der Waals surface area contributed by atoms with Gasteiger partial charge >= 0.3 is 5.97 Å². The largest absolute Gasteiger partial charge is 0.452 e. The Balaban J connectivity index is 1.74. The van der Waals surface area contributed by atoms with E-state index in [1.54, 1.807) is 12.1 Å². The van der Waals surface area contributed by atoms with Crippen LogP contribution in [0.4, 0.5) is 4.39 Å². The predicted molar refractivity (Wildman–Crippen MR) is 86.0 cm³/mol. The lowest BCUT2D eigenvalue weighted by Crippen LogP contribution is -2.42. The van der Waals surface area contributed by atoms with Crippen LogP contribution in [-0.4, -0.2) is 24.5 Å². The maximum Gasteiger partial charge on any atom is 0.331 e. The lowest BCUT2D eigenvalue weighted by molar-refractivity contribution is -0.144. The van der Waals surface area contributed by atoms with Crippen molar-refractivity contribution in [1.82, 2.24) is 5.32 Å². The van der Waals surface area contributed by atoms with Gasteiger partial charge in [-0.2, -0.15) is 0 Å². The van der Waals surface area contributed by atoms with E-state index in [1.807, 2.05) is 0 Å². The van der Waals surface area contributed by atoms with Crippen molar-refractivity contribution in [2.24, 2.45) is 5.92 Å². The van der Waals surface area contributed by atoms with Gasteiger partial charge < -0.3 is 10.1 Å². The summed E-state index contributed by atoms with van der Waals surface area (Å²) in [7, 11) is 0. The molecule has 1 aliphatic carbocycles. The molecule has 2 rings (SSSR count). The Hall–Kier alpha value is -2.17. The van der Waals surface area contributed by atoms with Crippen LogP contribution in [0, 0.1) is 11.7 Å². The number of hydrogen-bond acceptors (Lipinski definition) is 3. The van der Waals surface area contributed by atoms with Crippen LogP contribution in [-0.2, 0) is 14.3 Å². The highest BCUT2D eigenvalue weighted by atomic mass is 19.1. The third-order valence-corrected chi connectivity index (χ3v) is 4.06. The van der Waals surface area contributed by atoms with E-state index >= 15 is 0 Å². The number of amides is 1. The molecule has 0 spiro atoms. The Labute approximate surface area is 135 Å². The molecule has 0 saturated heterocycles. The standard InChI is InChI=1S/C18H22FNO3/c1-13-5-2-3-8-16(13)20-17(21)12-23-18(22)10-9-14-6-4-7-15(19)11-14/h4,6-7,9-11,13,16H,2-3,5,8,12H2,1H3,(H,20,21)/b10-9+/t13-,16+/m1/s1. The number of esters is 1. The van der Waals surface area contributed by atoms with Crippen molar-refractivity contribution >= 4 is 18.0 Å². The first-order valence-electron chi connectivity index (χ1n) is 7.94. The summed E-state index contributed by atoms with van der Waals surface area (Å²) in [6.07, 6.45) is 7.04. The summed E-state index contributed by atoms with van der Waals surface area (Å²) in [6.45, 7) is 1.83. The van der Waals surface area contributed by atoms with Crippen LogP contribution in [0.3, 0.4) is 0 Å². The molecule has 0 heterocycles. The molecule has 1 saturated carbocycles. The van der Waals surface area contributed by atoms with Crippen molar-refractivity contribution in [3.05, 3.63) is 41.7 Å². The average Bonchev–Trinajstić information content (AvgIpc) is 2.53. The van der Waals surface area contributed by atoms with Crippen LogP contribution < -0.4 is 5.32 Å². The topological polar surface area (TPSA) is 55.4 Å². The summed E-state index contributed by atoms with van der Waals surface area (Å²) in [4.78, 5) is 23.4. The Morgan fingerprint density at radius 3 is 2.87 bits per heavy atom. The highest BCUT2D eigenvalue weighted by Gasteiger charge is 2.22. The number of benzene rings is 1. The van der Waals surface area contributed by atoms with Crippen LogP contribution >= 0.6 is 0 Å². The zero-order valence-corrected chi connectivity index (χ0v) is 13.3. The number of ether oxygens (including phenoxy) is 1. The Morgan fingerprint density at radius 2 is 2.13 bits per heavy atom. The molecule has 1 aromatic rings. The van der Waals surface area contributed by atoms with Crippen molar-refractivity contribution in [2.75, 3.05) is 6.61 Å². The molecule has 124 valence electrons. The third kappa shape index (κ3) is 5.85. The van der Waals surface area contributed by atoms with Crippen LogP contribution in [0.1, 0.15) is 38.2 Å². The molecule has 1 aliphatic rings. The van der Waals surface area contributed by atoms with E-state index in [0.717, 1.165) is 19.3 Å². The summed E-state index contributed by atoms with van der Waals surface area (Å²) >= 11 is 0. The van der Waals surface area contributed by atoms with Crippen molar-refractivity contribution in [3.8, 4) is 0 Å². The van der Waals surface area contributed by atoms with E-state index < -0.39 is 5.97 Å². The number of rotatable bonds is 5. The Kier molecular flexibility index (Phi) is 6.32. The van der Waals surface area contributed by atoms with Gasteiger partial charge in [0, 0.05) is 12.1 Å². The molecule has 4 nitrogen and oxygen atoms in total. The van der Waals surface area contributed by atoms with Gasteiger partial charge in [-0.05, 0) is 42.5 Å². The van der Waals surface area contributed by atoms with E-state index in [4.69, 9.17) is 4.74 Å². The lowest BCUT2D eigenvalue weighted by atomic mass is 9.86. The fourth-order valence-corrected chi connectivity index (χ4v) is 2.74.